The average molecular weight is 223 g/mol. The van der Waals surface area contributed by atoms with E-state index < -0.39 is 5.97 Å². The van der Waals surface area contributed by atoms with Crippen LogP contribution in [0.4, 0.5) is 0 Å². The van der Waals surface area contributed by atoms with E-state index in [0.29, 0.717) is 5.76 Å². The predicted molar refractivity (Wildman–Crippen MR) is 62.2 cm³/mol. The highest BCUT2D eigenvalue weighted by Gasteiger charge is 2.09. The van der Waals surface area contributed by atoms with E-state index in [2.05, 4.69) is 17.0 Å². The monoisotopic (exact) mass is 223 g/mol. The molecular weight excluding hydrogens is 206 g/mol. The molecule has 0 radical (unpaired) electrons. The van der Waals surface area contributed by atoms with Gasteiger partial charge in [-0.25, -0.2) is 4.79 Å². The molecule has 0 atom stereocenters. The maximum atomic E-state index is 11.1. The maximum Gasteiger partial charge on any atom is 0.373 e. The van der Waals surface area contributed by atoms with E-state index in [1.165, 1.54) is 7.11 Å². The molecule has 0 fully saturated rings. The van der Waals surface area contributed by atoms with Crippen LogP contribution in [0.3, 0.4) is 0 Å². The van der Waals surface area contributed by atoms with E-state index in [4.69, 9.17) is 4.42 Å². The standard InChI is InChI=1S/C12H17NO3/c1-3-8-13-9-4-5-10-6-7-11(16-10)12(14)15-2/h4-7,13H,3,8-9H2,1-2H3. The molecule has 16 heavy (non-hydrogen) atoms. The topological polar surface area (TPSA) is 51.5 Å². The minimum Gasteiger partial charge on any atom is -0.463 e. The first-order chi connectivity index (χ1) is 7.77. The zero-order valence-electron chi connectivity index (χ0n) is 9.66. The number of nitrogens with one attached hydrogen (secondary N) is 1. The van der Waals surface area contributed by atoms with Crippen LogP contribution >= 0.6 is 0 Å². The summed E-state index contributed by atoms with van der Waals surface area (Å²) in [6, 6.07) is 3.34. The second-order valence-electron chi connectivity index (χ2n) is 3.30. The Morgan fingerprint density at radius 2 is 2.38 bits per heavy atom. The Balaban J connectivity index is 2.42. The molecule has 0 aliphatic carbocycles. The summed E-state index contributed by atoms with van der Waals surface area (Å²) in [5.41, 5.74) is 0. The van der Waals surface area contributed by atoms with Gasteiger partial charge in [0.2, 0.25) is 5.76 Å². The van der Waals surface area contributed by atoms with Gasteiger partial charge in [-0.05, 0) is 31.2 Å². The van der Waals surface area contributed by atoms with Gasteiger partial charge in [-0.3, -0.25) is 0 Å². The van der Waals surface area contributed by atoms with Gasteiger partial charge in [-0.2, -0.15) is 0 Å². The normalized spacial score (nSPS) is 10.9. The zero-order valence-corrected chi connectivity index (χ0v) is 9.66. The molecule has 0 saturated carbocycles. The molecule has 0 aromatic carbocycles. The number of hydrogen-bond acceptors (Lipinski definition) is 4. The van der Waals surface area contributed by atoms with Crippen molar-refractivity contribution in [3.05, 3.63) is 29.7 Å². The molecule has 4 heteroatoms. The van der Waals surface area contributed by atoms with Crippen molar-refractivity contribution in [2.75, 3.05) is 20.2 Å². The molecule has 1 aromatic rings. The fourth-order valence-electron chi connectivity index (χ4n) is 1.19. The SMILES string of the molecule is CCCNCC=Cc1ccc(C(=O)OC)o1. The van der Waals surface area contributed by atoms with Crippen molar-refractivity contribution < 1.29 is 13.9 Å². The molecular formula is C12H17NO3. The van der Waals surface area contributed by atoms with E-state index >= 15 is 0 Å². The summed E-state index contributed by atoms with van der Waals surface area (Å²) in [6.07, 6.45) is 4.89. The first-order valence-corrected chi connectivity index (χ1v) is 5.33. The fraction of sp³-hybridized carbons (Fsp3) is 0.417. The molecule has 0 amide bonds. The number of methoxy groups -OCH3 is 1. The van der Waals surface area contributed by atoms with E-state index in [9.17, 15) is 4.79 Å². The Kier molecular flexibility index (Phi) is 5.36. The van der Waals surface area contributed by atoms with Crippen molar-refractivity contribution in [1.82, 2.24) is 5.32 Å². The third-order valence-electron chi connectivity index (χ3n) is 1.98. The van der Waals surface area contributed by atoms with Crippen molar-refractivity contribution >= 4 is 12.0 Å². The molecule has 1 rings (SSSR count). The number of ether oxygens (including phenoxy) is 1. The van der Waals surface area contributed by atoms with Gasteiger partial charge in [0.15, 0.2) is 0 Å². The molecule has 0 unspecified atom stereocenters. The summed E-state index contributed by atoms with van der Waals surface area (Å²) >= 11 is 0. The van der Waals surface area contributed by atoms with Crippen LogP contribution in [0.2, 0.25) is 0 Å². The molecule has 0 bridgehead atoms. The minimum absolute atomic E-state index is 0.226. The Bertz CT molecular complexity index is 355. The maximum absolute atomic E-state index is 11.1. The number of esters is 1. The van der Waals surface area contributed by atoms with Gasteiger partial charge >= 0.3 is 5.97 Å². The summed E-state index contributed by atoms with van der Waals surface area (Å²) in [6.45, 7) is 3.91. The molecule has 0 aliphatic rings. The van der Waals surface area contributed by atoms with Crippen molar-refractivity contribution in [1.29, 1.82) is 0 Å². The van der Waals surface area contributed by atoms with Gasteiger partial charge in [0.05, 0.1) is 7.11 Å². The highest BCUT2D eigenvalue weighted by Crippen LogP contribution is 2.10. The first-order valence-electron chi connectivity index (χ1n) is 5.33. The molecule has 0 saturated heterocycles. The molecule has 1 N–H and O–H groups in total. The first kappa shape index (κ1) is 12.5. The molecule has 1 heterocycles. The number of furan rings is 1. The van der Waals surface area contributed by atoms with Crippen molar-refractivity contribution in [2.24, 2.45) is 0 Å². The van der Waals surface area contributed by atoms with Gasteiger partial charge in [0, 0.05) is 6.54 Å². The lowest BCUT2D eigenvalue weighted by Crippen LogP contribution is -2.13. The summed E-state index contributed by atoms with van der Waals surface area (Å²) in [5.74, 6) is 0.422. The van der Waals surface area contributed by atoms with Crippen LogP contribution in [-0.2, 0) is 4.74 Å². The molecule has 88 valence electrons. The average Bonchev–Trinajstić information content (AvgIpc) is 2.76. The number of carbonyl (C=O) groups is 1. The number of hydrogen-bond donors (Lipinski definition) is 1. The van der Waals surface area contributed by atoms with Crippen LogP contribution < -0.4 is 5.32 Å². The molecule has 1 aromatic heterocycles. The van der Waals surface area contributed by atoms with Crippen LogP contribution in [-0.4, -0.2) is 26.2 Å². The Morgan fingerprint density at radius 1 is 1.56 bits per heavy atom. The highest BCUT2D eigenvalue weighted by atomic mass is 16.5. The molecule has 0 spiro atoms. The quantitative estimate of drug-likeness (QED) is 0.592. The van der Waals surface area contributed by atoms with E-state index in [1.54, 1.807) is 12.1 Å². The predicted octanol–water partition coefficient (Wildman–Crippen LogP) is 2.08. The van der Waals surface area contributed by atoms with Crippen molar-refractivity contribution in [2.45, 2.75) is 13.3 Å². The Morgan fingerprint density at radius 3 is 3.06 bits per heavy atom. The van der Waals surface area contributed by atoms with Gasteiger partial charge in [-0.15, -0.1) is 0 Å². The third-order valence-corrected chi connectivity index (χ3v) is 1.98. The largest absolute Gasteiger partial charge is 0.463 e. The fourth-order valence-corrected chi connectivity index (χ4v) is 1.19. The lowest BCUT2D eigenvalue weighted by atomic mass is 10.4. The summed E-state index contributed by atoms with van der Waals surface area (Å²) < 4.78 is 9.79. The van der Waals surface area contributed by atoms with Gasteiger partial charge in [-0.1, -0.05) is 13.0 Å². The lowest BCUT2D eigenvalue weighted by Gasteiger charge is -1.95. The van der Waals surface area contributed by atoms with Crippen LogP contribution in [0.25, 0.3) is 6.08 Å². The van der Waals surface area contributed by atoms with Crippen molar-refractivity contribution in [3.63, 3.8) is 0 Å². The Hall–Kier alpha value is -1.55. The zero-order chi connectivity index (χ0) is 11.8. The van der Waals surface area contributed by atoms with E-state index in [0.717, 1.165) is 19.5 Å². The lowest BCUT2D eigenvalue weighted by molar-refractivity contribution is 0.0564. The van der Waals surface area contributed by atoms with Crippen LogP contribution in [0.1, 0.15) is 29.7 Å². The second kappa shape index (κ2) is 6.85. The highest BCUT2D eigenvalue weighted by molar-refractivity contribution is 5.86. The molecule has 0 aliphatic heterocycles. The van der Waals surface area contributed by atoms with E-state index in [1.807, 2.05) is 12.2 Å². The van der Waals surface area contributed by atoms with Crippen LogP contribution in [0.15, 0.2) is 22.6 Å². The van der Waals surface area contributed by atoms with Gasteiger partial charge < -0.3 is 14.5 Å². The van der Waals surface area contributed by atoms with Crippen LogP contribution in [0.5, 0.6) is 0 Å². The van der Waals surface area contributed by atoms with Gasteiger partial charge in [0.1, 0.15) is 5.76 Å². The molecule has 4 nitrogen and oxygen atoms in total. The van der Waals surface area contributed by atoms with Gasteiger partial charge in [0.25, 0.3) is 0 Å². The minimum atomic E-state index is -0.455. The smallest absolute Gasteiger partial charge is 0.373 e. The Labute approximate surface area is 95.3 Å². The van der Waals surface area contributed by atoms with E-state index in [-0.39, 0.29) is 5.76 Å². The van der Waals surface area contributed by atoms with Crippen molar-refractivity contribution in [3.8, 4) is 0 Å². The number of rotatable bonds is 6. The van der Waals surface area contributed by atoms with Crippen LogP contribution in [0, 0.1) is 0 Å². The third kappa shape index (κ3) is 3.90. The summed E-state index contributed by atoms with van der Waals surface area (Å²) in [7, 11) is 1.33. The summed E-state index contributed by atoms with van der Waals surface area (Å²) in [5, 5.41) is 3.23. The number of carbonyl (C=O) groups excluding carboxylic acids is 1. The summed E-state index contributed by atoms with van der Waals surface area (Å²) in [4.78, 5) is 11.1. The second-order valence-corrected chi connectivity index (χ2v) is 3.30.